The van der Waals surface area contributed by atoms with Crippen molar-refractivity contribution in [2.45, 2.75) is 65.3 Å². The van der Waals surface area contributed by atoms with Gasteiger partial charge < -0.3 is 10.1 Å². The zero-order chi connectivity index (χ0) is 12.1. The lowest BCUT2D eigenvalue weighted by atomic mass is 10.1. The van der Waals surface area contributed by atoms with Gasteiger partial charge in [0.1, 0.15) is 0 Å². The van der Waals surface area contributed by atoms with Gasteiger partial charge in [0.15, 0.2) is 0 Å². The highest BCUT2D eigenvalue weighted by atomic mass is 16.5. The molecule has 2 unspecified atom stereocenters. The maximum absolute atomic E-state index is 5.54. The summed E-state index contributed by atoms with van der Waals surface area (Å²) in [5.74, 6) is 0. The fourth-order valence-corrected chi connectivity index (χ4v) is 2.49. The van der Waals surface area contributed by atoms with Gasteiger partial charge in [-0.15, -0.1) is 0 Å². The standard InChI is InChI=1S/C13H28N2O/c1-10(2)15(11(3)4)8-7-14-13-6-9-16-12(13)5/h10-14H,6-9H2,1-5H3. The largest absolute Gasteiger partial charge is 0.377 e. The molecule has 0 radical (unpaired) electrons. The van der Waals surface area contributed by atoms with Gasteiger partial charge in [0.05, 0.1) is 6.10 Å². The highest BCUT2D eigenvalue weighted by molar-refractivity contribution is 4.80. The van der Waals surface area contributed by atoms with Crippen LogP contribution in [0.2, 0.25) is 0 Å². The lowest BCUT2D eigenvalue weighted by Gasteiger charge is -2.31. The van der Waals surface area contributed by atoms with Crippen molar-refractivity contribution in [3.8, 4) is 0 Å². The SMILES string of the molecule is CC1OCCC1NCCN(C(C)C)C(C)C. The molecule has 1 N–H and O–H groups in total. The molecule has 0 spiro atoms. The predicted molar refractivity (Wildman–Crippen MR) is 68.8 cm³/mol. The van der Waals surface area contributed by atoms with Crippen molar-refractivity contribution in [1.29, 1.82) is 0 Å². The van der Waals surface area contributed by atoms with Crippen LogP contribution in [0.1, 0.15) is 41.0 Å². The van der Waals surface area contributed by atoms with Gasteiger partial charge in [-0.3, -0.25) is 4.90 Å². The first kappa shape index (κ1) is 13.9. The van der Waals surface area contributed by atoms with E-state index in [0.29, 0.717) is 24.2 Å². The van der Waals surface area contributed by atoms with E-state index in [-0.39, 0.29) is 0 Å². The van der Waals surface area contributed by atoms with E-state index in [1.54, 1.807) is 0 Å². The van der Waals surface area contributed by atoms with E-state index in [9.17, 15) is 0 Å². The van der Waals surface area contributed by atoms with Crippen LogP contribution >= 0.6 is 0 Å². The van der Waals surface area contributed by atoms with Crippen LogP contribution in [-0.2, 0) is 4.74 Å². The second-order valence-corrected chi connectivity index (χ2v) is 5.35. The Bertz CT molecular complexity index is 186. The van der Waals surface area contributed by atoms with Gasteiger partial charge in [0.25, 0.3) is 0 Å². The first-order chi connectivity index (χ1) is 7.52. The summed E-state index contributed by atoms with van der Waals surface area (Å²) in [6, 6.07) is 1.80. The molecule has 1 aliphatic rings. The number of nitrogens with one attached hydrogen (secondary N) is 1. The van der Waals surface area contributed by atoms with Crippen LogP contribution in [0, 0.1) is 0 Å². The number of nitrogens with zero attached hydrogens (tertiary/aromatic N) is 1. The molecule has 0 saturated carbocycles. The Hall–Kier alpha value is -0.120. The summed E-state index contributed by atoms with van der Waals surface area (Å²) < 4.78 is 5.54. The Kier molecular flexibility index (Phi) is 5.73. The van der Waals surface area contributed by atoms with Gasteiger partial charge in [-0.1, -0.05) is 0 Å². The Morgan fingerprint density at radius 3 is 2.31 bits per heavy atom. The lowest BCUT2D eigenvalue weighted by molar-refractivity contribution is 0.111. The van der Waals surface area contributed by atoms with E-state index in [1.807, 2.05) is 0 Å². The third-order valence-electron chi connectivity index (χ3n) is 3.48. The van der Waals surface area contributed by atoms with Crippen molar-refractivity contribution in [2.24, 2.45) is 0 Å². The molecular formula is C13H28N2O. The summed E-state index contributed by atoms with van der Waals surface area (Å²) in [5.41, 5.74) is 0. The zero-order valence-electron chi connectivity index (χ0n) is 11.5. The van der Waals surface area contributed by atoms with Gasteiger partial charge in [0, 0.05) is 37.8 Å². The van der Waals surface area contributed by atoms with Gasteiger partial charge >= 0.3 is 0 Å². The number of rotatable bonds is 6. The van der Waals surface area contributed by atoms with Crippen LogP contribution in [0.4, 0.5) is 0 Å². The third kappa shape index (κ3) is 4.04. The molecule has 2 atom stereocenters. The summed E-state index contributed by atoms with van der Waals surface area (Å²) in [5, 5.41) is 3.60. The van der Waals surface area contributed by atoms with Crippen LogP contribution in [0.3, 0.4) is 0 Å². The van der Waals surface area contributed by atoms with E-state index < -0.39 is 0 Å². The van der Waals surface area contributed by atoms with Crippen LogP contribution < -0.4 is 5.32 Å². The van der Waals surface area contributed by atoms with Crippen LogP contribution in [0.25, 0.3) is 0 Å². The minimum atomic E-state index is 0.381. The average Bonchev–Trinajstić information content (AvgIpc) is 2.57. The first-order valence-corrected chi connectivity index (χ1v) is 6.63. The molecular weight excluding hydrogens is 200 g/mol. The average molecular weight is 228 g/mol. The molecule has 0 bridgehead atoms. The Labute approximate surface area is 101 Å². The molecule has 96 valence electrons. The molecule has 0 aromatic heterocycles. The summed E-state index contributed by atoms with van der Waals surface area (Å²) in [6.07, 6.45) is 1.54. The molecule has 0 amide bonds. The fraction of sp³-hybridized carbons (Fsp3) is 1.00. The molecule has 1 rings (SSSR count). The van der Waals surface area contributed by atoms with Crippen molar-refractivity contribution in [2.75, 3.05) is 19.7 Å². The number of ether oxygens (including phenoxy) is 1. The zero-order valence-corrected chi connectivity index (χ0v) is 11.5. The van der Waals surface area contributed by atoms with Crippen LogP contribution in [-0.4, -0.2) is 48.8 Å². The van der Waals surface area contributed by atoms with E-state index in [4.69, 9.17) is 4.74 Å². The summed E-state index contributed by atoms with van der Waals surface area (Å²) >= 11 is 0. The lowest BCUT2D eigenvalue weighted by Crippen LogP contribution is -2.44. The van der Waals surface area contributed by atoms with E-state index in [2.05, 4.69) is 44.8 Å². The van der Waals surface area contributed by atoms with E-state index >= 15 is 0 Å². The maximum Gasteiger partial charge on any atom is 0.0700 e. The molecule has 16 heavy (non-hydrogen) atoms. The first-order valence-electron chi connectivity index (χ1n) is 6.63. The highest BCUT2D eigenvalue weighted by Gasteiger charge is 2.23. The monoisotopic (exact) mass is 228 g/mol. The van der Waals surface area contributed by atoms with Crippen molar-refractivity contribution in [3.63, 3.8) is 0 Å². The number of hydrogen-bond acceptors (Lipinski definition) is 3. The van der Waals surface area contributed by atoms with Gasteiger partial charge in [-0.2, -0.15) is 0 Å². The minimum absolute atomic E-state index is 0.381. The van der Waals surface area contributed by atoms with E-state index in [1.165, 1.54) is 0 Å². The predicted octanol–water partition coefficient (Wildman–Crippen LogP) is 1.87. The minimum Gasteiger partial charge on any atom is -0.377 e. The van der Waals surface area contributed by atoms with Crippen molar-refractivity contribution >= 4 is 0 Å². The normalized spacial score (nSPS) is 26.2. The van der Waals surface area contributed by atoms with Gasteiger partial charge in [0.2, 0.25) is 0 Å². The second kappa shape index (κ2) is 6.58. The van der Waals surface area contributed by atoms with Gasteiger partial charge in [-0.25, -0.2) is 0 Å². The summed E-state index contributed by atoms with van der Waals surface area (Å²) in [4.78, 5) is 2.52. The van der Waals surface area contributed by atoms with Crippen molar-refractivity contribution < 1.29 is 4.74 Å². The van der Waals surface area contributed by atoms with Crippen LogP contribution in [0.5, 0.6) is 0 Å². The molecule has 0 aromatic carbocycles. The summed E-state index contributed by atoms with van der Waals surface area (Å²) in [6.45, 7) is 14.3. The second-order valence-electron chi connectivity index (χ2n) is 5.35. The molecule has 0 aromatic rings. The Balaban J connectivity index is 2.22. The topological polar surface area (TPSA) is 24.5 Å². The van der Waals surface area contributed by atoms with Gasteiger partial charge in [-0.05, 0) is 41.0 Å². The highest BCUT2D eigenvalue weighted by Crippen LogP contribution is 2.12. The number of hydrogen-bond donors (Lipinski definition) is 1. The van der Waals surface area contributed by atoms with Crippen molar-refractivity contribution in [3.05, 3.63) is 0 Å². The Morgan fingerprint density at radius 2 is 1.88 bits per heavy atom. The molecule has 1 saturated heterocycles. The molecule has 3 heteroatoms. The molecule has 1 aliphatic heterocycles. The molecule has 0 aliphatic carbocycles. The van der Waals surface area contributed by atoms with Crippen molar-refractivity contribution in [1.82, 2.24) is 10.2 Å². The fourth-order valence-electron chi connectivity index (χ4n) is 2.49. The molecule has 1 fully saturated rings. The third-order valence-corrected chi connectivity index (χ3v) is 3.48. The van der Waals surface area contributed by atoms with E-state index in [0.717, 1.165) is 26.1 Å². The molecule has 1 heterocycles. The Morgan fingerprint density at radius 1 is 1.25 bits per heavy atom. The summed E-state index contributed by atoms with van der Waals surface area (Å²) in [7, 11) is 0. The van der Waals surface area contributed by atoms with Crippen LogP contribution in [0.15, 0.2) is 0 Å². The quantitative estimate of drug-likeness (QED) is 0.751. The smallest absolute Gasteiger partial charge is 0.0700 e. The maximum atomic E-state index is 5.54. The molecule has 3 nitrogen and oxygen atoms in total.